The summed E-state index contributed by atoms with van der Waals surface area (Å²) in [5.41, 5.74) is 6.80. The summed E-state index contributed by atoms with van der Waals surface area (Å²) in [6, 6.07) is 8.31. The van der Waals surface area contributed by atoms with Crippen molar-refractivity contribution < 1.29 is 0 Å². The zero-order chi connectivity index (χ0) is 8.10. The fraction of sp³-hybridized carbons (Fsp3) is 0.250. The Morgan fingerprint density at radius 2 is 2.09 bits per heavy atom. The van der Waals surface area contributed by atoms with Crippen LogP contribution in [0, 0.1) is 0 Å². The van der Waals surface area contributed by atoms with Gasteiger partial charge in [0.15, 0.2) is 0 Å². The fourth-order valence-corrected chi connectivity index (χ4v) is 3.81. The van der Waals surface area contributed by atoms with E-state index >= 15 is 0 Å². The van der Waals surface area contributed by atoms with Gasteiger partial charge >= 0.3 is 82.6 Å². The summed E-state index contributed by atoms with van der Waals surface area (Å²) in [5, 5.41) is 0. The van der Waals surface area contributed by atoms with Crippen LogP contribution in [0.4, 0.5) is 0 Å². The molecule has 2 N–H and O–H groups in total. The molecule has 1 nitrogen and oxygen atoms in total. The third-order valence-corrected chi connectivity index (χ3v) is 5.12. The van der Waals surface area contributed by atoms with Gasteiger partial charge in [0.05, 0.1) is 0 Å². The number of nitrogens with two attached hydrogens (primary N) is 1. The van der Waals surface area contributed by atoms with Crippen molar-refractivity contribution in [3.8, 4) is 0 Å². The van der Waals surface area contributed by atoms with Crippen LogP contribution in [0.25, 0.3) is 0 Å². The van der Waals surface area contributed by atoms with Gasteiger partial charge in [-0.05, 0) is 0 Å². The molecule has 0 saturated carbocycles. The van der Waals surface area contributed by atoms with Crippen molar-refractivity contribution in [1.82, 2.24) is 0 Å². The van der Waals surface area contributed by atoms with E-state index in [0.717, 1.165) is 6.42 Å². The molecule has 0 radical (unpaired) electrons. The fourth-order valence-electron chi connectivity index (χ4n) is 0.941. The van der Waals surface area contributed by atoms with Crippen molar-refractivity contribution in [2.75, 3.05) is 6.54 Å². The minimum absolute atomic E-state index is 0.715. The van der Waals surface area contributed by atoms with Gasteiger partial charge in [0, 0.05) is 0 Å². The normalized spacial score (nSPS) is 10.0. The van der Waals surface area contributed by atoms with E-state index in [9.17, 15) is 0 Å². The van der Waals surface area contributed by atoms with Crippen LogP contribution in [-0.4, -0.2) is 28.9 Å². The molecule has 0 fully saturated rings. The Labute approximate surface area is 82.2 Å². The SMILES string of the molecule is NCCc1cccc[c]1[Po][Cl]. The summed E-state index contributed by atoms with van der Waals surface area (Å²) in [6.45, 7) is 0.715. The van der Waals surface area contributed by atoms with Gasteiger partial charge < -0.3 is 0 Å². The molecule has 0 aliphatic heterocycles. The maximum atomic E-state index is 5.89. The van der Waals surface area contributed by atoms with Crippen molar-refractivity contribution in [2.45, 2.75) is 6.42 Å². The topological polar surface area (TPSA) is 26.0 Å². The molecular weight excluding hydrogens is 355 g/mol. The van der Waals surface area contributed by atoms with Crippen LogP contribution in [0.1, 0.15) is 5.56 Å². The number of rotatable bonds is 3. The van der Waals surface area contributed by atoms with E-state index < -0.39 is 22.4 Å². The van der Waals surface area contributed by atoms with Crippen molar-refractivity contribution >= 4 is 34.0 Å². The number of halogens is 1. The Hall–Kier alpha value is 0.366. The number of hydrogen-bond donors (Lipinski definition) is 1. The van der Waals surface area contributed by atoms with Gasteiger partial charge in [0.1, 0.15) is 0 Å². The molecular formula is C8H10ClNPo. The quantitative estimate of drug-likeness (QED) is 0.838. The predicted molar refractivity (Wildman–Crippen MR) is 50.4 cm³/mol. The molecule has 0 unspecified atom stereocenters. The standard InChI is InChI=1S/C8H10N.ClH.Po/c9-7-6-8-4-2-1-3-5-8;;/h1-4H,6-7,9H2;1H;/q;;+1/p-1. The van der Waals surface area contributed by atoms with Crippen LogP contribution >= 0.6 is 8.45 Å². The van der Waals surface area contributed by atoms with Gasteiger partial charge in [-0.3, -0.25) is 0 Å². The molecule has 0 aliphatic rings. The second-order valence-electron chi connectivity index (χ2n) is 2.22. The molecule has 0 aromatic heterocycles. The van der Waals surface area contributed by atoms with Gasteiger partial charge in [0.25, 0.3) is 0 Å². The molecule has 1 aromatic rings. The summed E-state index contributed by atoms with van der Waals surface area (Å²) in [6.07, 6.45) is 0.961. The first-order valence-corrected chi connectivity index (χ1v) is 8.94. The summed E-state index contributed by atoms with van der Waals surface area (Å²) in [7, 11) is 5.89. The molecule has 0 saturated heterocycles. The van der Waals surface area contributed by atoms with E-state index in [2.05, 4.69) is 12.1 Å². The minimum atomic E-state index is -0.765. The first-order valence-electron chi connectivity index (χ1n) is 3.45. The first kappa shape index (κ1) is 9.45. The van der Waals surface area contributed by atoms with Crippen molar-refractivity contribution in [1.29, 1.82) is 0 Å². The van der Waals surface area contributed by atoms with Crippen LogP contribution in [-0.2, 0) is 6.42 Å². The first-order chi connectivity index (χ1) is 5.38. The zero-order valence-electron chi connectivity index (χ0n) is 6.09. The second kappa shape index (κ2) is 5.09. The van der Waals surface area contributed by atoms with Crippen molar-refractivity contribution in [3.63, 3.8) is 0 Å². The van der Waals surface area contributed by atoms with Gasteiger partial charge in [-0.1, -0.05) is 0 Å². The van der Waals surface area contributed by atoms with Gasteiger partial charge in [-0.25, -0.2) is 0 Å². The van der Waals surface area contributed by atoms with Crippen LogP contribution < -0.4 is 8.96 Å². The summed E-state index contributed by atoms with van der Waals surface area (Å²) >= 11 is -0.765. The average molecular weight is 365 g/mol. The maximum absolute atomic E-state index is 5.89. The molecule has 0 bridgehead atoms. The molecule has 60 valence electrons. The third kappa shape index (κ3) is 2.71. The Balaban J connectivity index is 2.83. The number of benzene rings is 1. The Morgan fingerprint density at radius 1 is 1.36 bits per heavy atom. The van der Waals surface area contributed by atoms with Crippen LogP contribution in [0.2, 0.25) is 0 Å². The van der Waals surface area contributed by atoms with Crippen molar-refractivity contribution in [3.05, 3.63) is 29.8 Å². The monoisotopic (exact) mass is 364 g/mol. The molecule has 1 aromatic carbocycles. The molecule has 0 atom stereocenters. The summed E-state index contributed by atoms with van der Waals surface area (Å²) in [5.74, 6) is 0. The Morgan fingerprint density at radius 3 is 2.73 bits per heavy atom. The van der Waals surface area contributed by atoms with Crippen molar-refractivity contribution in [2.24, 2.45) is 5.73 Å². The van der Waals surface area contributed by atoms with E-state index in [1.165, 1.54) is 8.79 Å². The van der Waals surface area contributed by atoms with E-state index in [1.54, 1.807) is 0 Å². The van der Waals surface area contributed by atoms with E-state index in [4.69, 9.17) is 14.2 Å². The second-order valence-corrected chi connectivity index (χ2v) is 5.89. The molecule has 0 amide bonds. The number of hydrogen-bond acceptors (Lipinski definition) is 1. The van der Waals surface area contributed by atoms with Crippen LogP contribution in [0.15, 0.2) is 24.3 Å². The zero-order valence-corrected chi connectivity index (χ0v) is 10.0. The Kier molecular flexibility index (Phi) is 4.37. The average Bonchev–Trinajstić information content (AvgIpc) is 2.06. The molecule has 1 rings (SSSR count). The predicted octanol–water partition coefficient (Wildman–Crippen LogP) is 0.671. The van der Waals surface area contributed by atoms with Gasteiger partial charge in [-0.2, -0.15) is 0 Å². The van der Waals surface area contributed by atoms with Crippen LogP contribution in [0.5, 0.6) is 0 Å². The van der Waals surface area contributed by atoms with Gasteiger partial charge in [0.2, 0.25) is 0 Å². The van der Waals surface area contributed by atoms with Crippen LogP contribution in [0.3, 0.4) is 0 Å². The molecule has 11 heavy (non-hydrogen) atoms. The van der Waals surface area contributed by atoms with E-state index in [1.807, 2.05) is 12.1 Å². The third-order valence-electron chi connectivity index (χ3n) is 1.47. The molecule has 0 spiro atoms. The van der Waals surface area contributed by atoms with E-state index in [0.29, 0.717) is 6.54 Å². The van der Waals surface area contributed by atoms with E-state index in [-0.39, 0.29) is 0 Å². The summed E-state index contributed by atoms with van der Waals surface area (Å²) < 4.78 is 1.36. The van der Waals surface area contributed by atoms with Gasteiger partial charge in [-0.15, -0.1) is 0 Å². The Bertz CT molecular complexity index is 227. The molecule has 0 heterocycles. The molecule has 3 heteroatoms. The molecule has 0 aliphatic carbocycles. The summed E-state index contributed by atoms with van der Waals surface area (Å²) in [4.78, 5) is 0.